The van der Waals surface area contributed by atoms with Gasteiger partial charge in [-0.25, -0.2) is 13.8 Å². The average molecular weight is 376 g/mol. The number of hydrogen-bond acceptors (Lipinski definition) is 4. The van der Waals surface area contributed by atoms with Gasteiger partial charge in [-0.3, -0.25) is 4.79 Å². The SMILES string of the molecule is CCSc1nc(-c2ccccc2)c(NC(=O)c2ccc(F)cc2F)s1. The minimum absolute atomic E-state index is 0.210. The van der Waals surface area contributed by atoms with Crippen LogP contribution in [0.3, 0.4) is 0 Å². The maximum Gasteiger partial charge on any atom is 0.259 e. The third-order valence-corrected chi connectivity index (χ3v) is 5.32. The molecule has 0 saturated carbocycles. The molecule has 7 heteroatoms. The maximum absolute atomic E-state index is 13.8. The highest BCUT2D eigenvalue weighted by atomic mass is 32.2. The molecular weight excluding hydrogens is 362 g/mol. The summed E-state index contributed by atoms with van der Waals surface area (Å²) in [4.78, 5) is 17.0. The number of nitrogens with one attached hydrogen (secondary N) is 1. The van der Waals surface area contributed by atoms with Gasteiger partial charge in [0, 0.05) is 11.6 Å². The molecule has 128 valence electrons. The zero-order valence-corrected chi connectivity index (χ0v) is 14.9. The van der Waals surface area contributed by atoms with Crippen molar-refractivity contribution in [3.8, 4) is 11.3 Å². The average Bonchev–Trinajstić information content (AvgIpc) is 2.98. The van der Waals surface area contributed by atoms with Crippen LogP contribution in [0.2, 0.25) is 0 Å². The predicted molar refractivity (Wildman–Crippen MR) is 98.3 cm³/mol. The third-order valence-electron chi connectivity index (χ3n) is 3.33. The van der Waals surface area contributed by atoms with Crippen molar-refractivity contribution in [1.82, 2.24) is 4.98 Å². The van der Waals surface area contributed by atoms with Crippen molar-refractivity contribution in [3.05, 3.63) is 65.7 Å². The molecule has 0 fully saturated rings. The van der Waals surface area contributed by atoms with Gasteiger partial charge >= 0.3 is 0 Å². The number of thiazole rings is 1. The molecule has 0 spiro atoms. The Morgan fingerprint density at radius 3 is 2.64 bits per heavy atom. The van der Waals surface area contributed by atoms with E-state index in [9.17, 15) is 13.6 Å². The van der Waals surface area contributed by atoms with Gasteiger partial charge < -0.3 is 5.32 Å². The van der Waals surface area contributed by atoms with Gasteiger partial charge in [0.05, 0.1) is 5.56 Å². The molecule has 2 aromatic carbocycles. The smallest absolute Gasteiger partial charge is 0.259 e. The van der Waals surface area contributed by atoms with E-state index in [2.05, 4.69) is 10.3 Å². The van der Waals surface area contributed by atoms with Crippen LogP contribution in [0, 0.1) is 11.6 Å². The van der Waals surface area contributed by atoms with Crippen molar-refractivity contribution in [1.29, 1.82) is 0 Å². The molecule has 0 aliphatic carbocycles. The van der Waals surface area contributed by atoms with E-state index >= 15 is 0 Å². The minimum Gasteiger partial charge on any atom is -0.312 e. The highest BCUT2D eigenvalue weighted by Crippen LogP contribution is 2.37. The van der Waals surface area contributed by atoms with Crippen molar-refractivity contribution in [2.75, 3.05) is 11.1 Å². The van der Waals surface area contributed by atoms with Crippen LogP contribution in [-0.4, -0.2) is 16.6 Å². The second kappa shape index (κ2) is 7.76. The molecule has 0 atom stereocenters. The molecule has 25 heavy (non-hydrogen) atoms. The van der Waals surface area contributed by atoms with Gasteiger partial charge in [-0.15, -0.1) is 0 Å². The van der Waals surface area contributed by atoms with E-state index in [4.69, 9.17) is 0 Å². The monoisotopic (exact) mass is 376 g/mol. The van der Waals surface area contributed by atoms with Crippen LogP contribution >= 0.6 is 23.1 Å². The first-order chi connectivity index (χ1) is 12.1. The lowest BCUT2D eigenvalue weighted by Crippen LogP contribution is -2.13. The van der Waals surface area contributed by atoms with Gasteiger partial charge in [-0.1, -0.05) is 60.4 Å². The van der Waals surface area contributed by atoms with Crippen molar-refractivity contribution >= 4 is 34.0 Å². The van der Waals surface area contributed by atoms with E-state index in [1.54, 1.807) is 11.8 Å². The van der Waals surface area contributed by atoms with Gasteiger partial charge in [0.2, 0.25) is 0 Å². The molecule has 0 unspecified atom stereocenters. The Labute approximate surface area is 152 Å². The molecule has 3 aromatic rings. The van der Waals surface area contributed by atoms with Crippen LogP contribution in [0.15, 0.2) is 52.9 Å². The lowest BCUT2D eigenvalue weighted by molar-refractivity contribution is 0.102. The topological polar surface area (TPSA) is 42.0 Å². The number of carbonyl (C=O) groups is 1. The lowest BCUT2D eigenvalue weighted by atomic mass is 10.1. The summed E-state index contributed by atoms with van der Waals surface area (Å²) < 4.78 is 27.7. The number of hydrogen-bond donors (Lipinski definition) is 1. The number of anilines is 1. The van der Waals surface area contributed by atoms with E-state index in [-0.39, 0.29) is 5.56 Å². The largest absolute Gasteiger partial charge is 0.312 e. The number of carbonyl (C=O) groups excluding carboxylic acids is 1. The molecule has 0 bridgehead atoms. The van der Waals surface area contributed by atoms with Crippen LogP contribution in [0.1, 0.15) is 17.3 Å². The van der Waals surface area contributed by atoms with E-state index in [0.29, 0.717) is 16.8 Å². The van der Waals surface area contributed by atoms with Crippen molar-refractivity contribution in [3.63, 3.8) is 0 Å². The van der Waals surface area contributed by atoms with Crippen molar-refractivity contribution < 1.29 is 13.6 Å². The van der Waals surface area contributed by atoms with E-state index in [1.165, 1.54) is 11.3 Å². The van der Waals surface area contributed by atoms with E-state index in [0.717, 1.165) is 27.8 Å². The molecule has 0 radical (unpaired) electrons. The summed E-state index contributed by atoms with van der Waals surface area (Å²) in [5.41, 5.74) is 1.28. The van der Waals surface area contributed by atoms with Crippen molar-refractivity contribution in [2.24, 2.45) is 0 Å². The van der Waals surface area contributed by atoms with Gasteiger partial charge in [-0.2, -0.15) is 0 Å². The molecule has 1 aromatic heterocycles. The molecule has 1 heterocycles. The van der Waals surface area contributed by atoms with Crippen LogP contribution in [0.5, 0.6) is 0 Å². The zero-order valence-electron chi connectivity index (χ0n) is 13.3. The molecular formula is C18H14F2N2OS2. The van der Waals surface area contributed by atoms with Gasteiger partial charge in [0.15, 0.2) is 4.34 Å². The number of thioether (sulfide) groups is 1. The first-order valence-electron chi connectivity index (χ1n) is 7.54. The predicted octanol–water partition coefficient (Wildman–Crippen LogP) is 5.45. The van der Waals surface area contributed by atoms with Gasteiger partial charge in [0.1, 0.15) is 22.3 Å². The number of aromatic nitrogens is 1. The normalized spacial score (nSPS) is 10.7. The molecule has 0 aliphatic heterocycles. The summed E-state index contributed by atoms with van der Waals surface area (Å²) in [6, 6.07) is 12.3. The van der Waals surface area contributed by atoms with Gasteiger partial charge in [0.25, 0.3) is 5.91 Å². The number of rotatable bonds is 5. The van der Waals surface area contributed by atoms with E-state index < -0.39 is 17.5 Å². The van der Waals surface area contributed by atoms with Gasteiger partial charge in [-0.05, 0) is 17.9 Å². The zero-order chi connectivity index (χ0) is 17.8. The summed E-state index contributed by atoms with van der Waals surface area (Å²) in [6.45, 7) is 2.01. The summed E-state index contributed by atoms with van der Waals surface area (Å²) in [5.74, 6) is -1.40. The molecule has 3 nitrogen and oxygen atoms in total. The molecule has 1 amide bonds. The molecule has 0 aliphatic rings. The Morgan fingerprint density at radius 1 is 1.20 bits per heavy atom. The Bertz CT molecular complexity index is 897. The fraction of sp³-hybridized carbons (Fsp3) is 0.111. The fourth-order valence-corrected chi connectivity index (χ4v) is 4.16. The van der Waals surface area contributed by atoms with E-state index in [1.807, 2.05) is 37.3 Å². The minimum atomic E-state index is -0.897. The number of amides is 1. The van der Waals surface area contributed by atoms with Crippen molar-refractivity contribution in [2.45, 2.75) is 11.3 Å². The number of halogens is 2. The Hall–Kier alpha value is -2.25. The first-order valence-corrected chi connectivity index (χ1v) is 9.34. The van der Waals surface area contributed by atoms with Crippen LogP contribution in [-0.2, 0) is 0 Å². The maximum atomic E-state index is 13.8. The Balaban J connectivity index is 1.94. The second-order valence-electron chi connectivity index (χ2n) is 5.03. The quantitative estimate of drug-likeness (QED) is 0.602. The lowest BCUT2D eigenvalue weighted by Gasteiger charge is -2.06. The second-order valence-corrected chi connectivity index (χ2v) is 7.55. The number of nitrogens with zero attached hydrogens (tertiary/aromatic N) is 1. The third kappa shape index (κ3) is 4.05. The molecule has 0 saturated heterocycles. The highest BCUT2D eigenvalue weighted by molar-refractivity contribution is 8.01. The first kappa shape index (κ1) is 17.6. The highest BCUT2D eigenvalue weighted by Gasteiger charge is 2.18. The standard InChI is InChI=1S/C18H14F2N2OS2/c1-2-24-18-21-15(11-6-4-3-5-7-11)17(25-18)22-16(23)13-9-8-12(19)10-14(13)20/h3-10H,2H2,1H3,(H,22,23). The number of benzene rings is 2. The van der Waals surface area contributed by atoms with Crippen LogP contribution < -0.4 is 5.32 Å². The van der Waals surface area contributed by atoms with Crippen LogP contribution in [0.25, 0.3) is 11.3 Å². The summed E-state index contributed by atoms with van der Waals surface area (Å²) in [6.07, 6.45) is 0. The summed E-state index contributed by atoms with van der Waals surface area (Å²) >= 11 is 2.90. The summed E-state index contributed by atoms with van der Waals surface area (Å²) in [7, 11) is 0. The fourth-order valence-electron chi connectivity index (χ4n) is 2.21. The van der Waals surface area contributed by atoms with Crippen LogP contribution in [0.4, 0.5) is 13.8 Å². The Morgan fingerprint density at radius 2 is 1.96 bits per heavy atom. The molecule has 1 N–H and O–H groups in total. The molecule has 3 rings (SSSR count). The Kier molecular flexibility index (Phi) is 5.45. The summed E-state index contributed by atoms with van der Waals surface area (Å²) in [5, 5.41) is 3.24.